The highest BCUT2D eigenvalue weighted by atomic mass is 35.5. The predicted molar refractivity (Wildman–Crippen MR) is 146 cm³/mol. The quantitative estimate of drug-likeness (QED) is 0.308. The first kappa shape index (κ1) is 26.9. The largest absolute Gasteiger partial charge is 0.465 e. The number of esters is 1. The van der Waals surface area contributed by atoms with E-state index in [-0.39, 0.29) is 39.6 Å². The summed E-state index contributed by atoms with van der Waals surface area (Å²) >= 11 is 6.02. The van der Waals surface area contributed by atoms with Crippen molar-refractivity contribution >= 4 is 46.7 Å². The maximum atomic E-state index is 14.0. The Kier molecular flexibility index (Phi) is 7.54. The summed E-state index contributed by atoms with van der Waals surface area (Å²) < 4.78 is 4.75. The van der Waals surface area contributed by atoms with E-state index < -0.39 is 17.3 Å². The zero-order valence-corrected chi connectivity index (χ0v) is 22.3. The Morgan fingerprint density at radius 3 is 2.47 bits per heavy atom. The fourth-order valence-electron chi connectivity index (χ4n) is 4.66. The van der Waals surface area contributed by atoms with Crippen LogP contribution in [0.4, 0.5) is 17.3 Å². The van der Waals surface area contributed by atoms with Gasteiger partial charge in [-0.2, -0.15) is 0 Å². The van der Waals surface area contributed by atoms with Gasteiger partial charge in [0.15, 0.2) is 0 Å². The summed E-state index contributed by atoms with van der Waals surface area (Å²) in [6.07, 6.45) is 1.37. The second-order valence-electron chi connectivity index (χ2n) is 9.36. The molecular weight excluding hydrogens is 508 g/mol. The fourth-order valence-corrected chi connectivity index (χ4v) is 4.81. The number of nitrogens with two attached hydrogens (primary N) is 1. The number of nitrogens with zero attached hydrogens (tertiary/aromatic N) is 3. The number of nitrogen functional groups attached to an aromatic ring is 1. The number of rotatable bonds is 7. The summed E-state index contributed by atoms with van der Waals surface area (Å²) in [5, 5.41) is 5.61. The monoisotopic (exact) mass is 536 g/mol. The number of halogens is 1. The summed E-state index contributed by atoms with van der Waals surface area (Å²) in [6.45, 7) is 4.73. The van der Waals surface area contributed by atoms with Gasteiger partial charge in [-0.1, -0.05) is 49.7 Å². The topological polar surface area (TPSA) is 140 Å². The van der Waals surface area contributed by atoms with Crippen molar-refractivity contribution in [2.24, 2.45) is 0 Å². The number of hydrogen-bond acceptors (Lipinski definition) is 8. The molecule has 0 saturated carbocycles. The first-order chi connectivity index (χ1) is 18.1. The third kappa shape index (κ3) is 4.87. The van der Waals surface area contributed by atoms with Gasteiger partial charge in [-0.15, -0.1) is 0 Å². The van der Waals surface area contributed by atoms with Gasteiger partial charge < -0.3 is 26.0 Å². The van der Waals surface area contributed by atoms with Crippen LogP contribution < -0.4 is 21.3 Å². The number of ether oxygens (including phenoxy) is 1. The van der Waals surface area contributed by atoms with Gasteiger partial charge in [0.25, 0.3) is 5.91 Å². The molecule has 1 fully saturated rings. The molecule has 3 aromatic rings. The number of nitrogens with one attached hydrogen (secondary N) is 2. The van der Waals surface area contributed by atoms with Crippen molar-refractivity contribution in [1.29, 1.82) is 0 Å². The van der Waals surface area contributed by atoms with Gasteiger partial charge in [-0.05, 0) is 35.2 Å². The number of amides is 2. The van der Waals surface area contributed by atoms with E-state index in [1.807, 2.05) is 29.2 Å². The maximum Gasteiger partial charge on any atom is 0.341 e. The molecule has 0 bridgehead atoms. The first-order valence-electron chi connectivity index (χ1n) is 12.0. The van der Waals surface area contributed by atoms with Crippen LogP contribution in [0, 0.1) is 0 Å². The molecule has 38 heavy (non-hydrogen) atoms. The summed E-state index contributed by atoms with van der Waals surface area (Å²) in [7, 11) is 2.77. The minimum Gasteiger partial charge on any atom is -0.465 e. The molecule has 0 unspecified atom stereocenters. The van der Waals surface area contributed by atoms with E-state index in [9.17, 15) is 14.4 Å². The van der Waals surface area contributed by atoms with Gasteiger partial charge in [0.05, 0.1) is 24.6 Å². The molecule has 0 spiro atoms. The van der Waals surface area contributed by atoms with Crippen LogP contribution in [0.25, 0.3) is 0 Å². The Labute approximate surface area is 225 Å². The van der Waals surface area contributed by atoms with Gasteiger partial charge >= 0.3 is 5.97 Å². The number of aromatic nitrogens is 2. The summed E-state index contributed by atoms with van der Waals surface area (Å²) in [6, 6.07) is 12.5. The van der Waals surface area contributed by atoms with Crippen molar-refractivity contribution in [3.63, 3.8) is 0 Å². The standard InChI is InChI=1S/C27H29ClN6O4/c1-15(2)16-7-5-6-8-19(16)27(26(37)32-20-12-31-21(28)11-18(20)24(35)30-3)13-34(14-27)22-10-9-17(23(29)33-22)25(36)38-4/h5-12,15H,13-14H2,1-4H3,(H2,29,33)(H,30,35)(H,32,37). The molecule has 11 heteroatoms. The molecule has 1 aromatic carbocycles. The highest BCUT2D eigenvalue weighted by Crippen LogP contribution is 2.42. The van der Waals surface area contributed by atoms with E-state index in [1.165, 1.54) is 26.4 Å². The molecule has 0 aliphatic carbocycles. The zero-order chi connectivity index (χ0) is 27.6. The van der Waals surface area contributed by atoms with Crippen molar-refractivity contribution in [2.75, 3.05) is 43.2 Å². The van der Waals surface area contributed by atoms with E-state index in [0.29, 0.717) is 18.9 Å². The van der Waals surface area contributed by atoms with Crippen LogP contribution in [0.1, 0.15) is 51.6 Å². The zero-order valence-electron chi connectivity index (χ0n) is 21.5. The Balaban J connectivity index is 1.72. The summed E-state index contributed by atoms with van der Waals surface area (Å²) in [5.41, 5.74) is 7.60. The molecule has 1 saturated heterocycles. The molecule has 198 valence electrons. The van der Waals surface area contributed by atoms with E-state index in [2.05, 4.69) is 34.4 Å². The summed E-state index contributed by atoms with van der Waals surface area (Å²) in [5.74, 6) is -0.539. The lowest BCUT2D eigenvalue weighted by atomic mass is 9.69. The lowest BCUT2D eigenvalue weighted by Crippen LogP contribution is -2.66. The minimum absolute atomic E-state index is 0.0429. The van der Waals surface area contributed by atoms with Crippen LogP contribution >= 0.6 is 11.6 Å². The molecular formula is C27H29ClN6O4. The smallest absolute Gasteiger partial charge is 0.341 e. The number of carbonyl (C=O) groups is 3. The Hall–Kier alpha value is -4.18. The lowest BCUT2D eigenvalue weighted by Gasteiger charge is -2.50. The predicted octanol–water partition coefficient (Wildman–Crippen LogP) is 3.38. The second kappa shape index (κ2) is 10.7. The SMILES string of the molecule is CNC(=O)c1cc(Cl)ncc1NC(=O)C1(c2ccccc2C(C)C)CN(c2ccc(C(=O)OC)c(N)n2)C1. The van der Waals surface area contributed by atoms with Gasteiger partial charge in [0.1, 0.15) is 27.8 Å². The average Bonchev–Trinajstić information content (AvgIpc) is 2.88. The first-order valence-corrected chi connectivity index (χ1v) is 12.4. The van der Waals surface area contributed by atoms with E-state index in [0.717, 1.165) is 11.1 Å². The highest BCUT2D eigenvalue weighted by molar-refractivity contribution is 6.30. The maximum absolute atomic E-state index is 14.0. The molecule has 1 aliphatic heterocycles. The van der Waals surface area contributed by atoms with Crippen LogP contribution in [0.15, 0.2) is 48.7 Å². The average molecular weight is 537 g/mol. The van der Waals surface area contributed by atoms with E-state index in [4.69, 9.17) is 22.1 Å². The van der Waals surface area contributed by atoms with Gasteiger partial charge in [0.2, 0.25) is 5.91 Å². The number of benzene rings is 1. The summed E-state index contributed by atoms with van der Waals surface area (Å²) in [4.78, 5) is 48.8. The molecule has 1 aliphatic rings. The van der Waals surface area contributed by atoms with Crippen molar-refractivity contribution in [2.45, 2.75) is 25.2 Å². The molecule has 2 aromatic heterocycles. The lowest BCUT2D eigenvalue weighted by molar-refractivity contribution is -0.122. The van der Waals surface area contributed by atoms with Gasteiger partial charge in [-0.3, -0.25) is 9.59 Å². The van der Waals surface area contributed by atoms with Crippen LogP contribution in [-0.4, -0.2) is 55.0 Å². The number of hydrogen-bond donors (Lipinski definition) is 3. The molecule has 0 atom stereocenters. The van der Waals surface area contributed by atoms with Crippen LogP contribution in [0.2, 0.25) is 5.15 Å². The van der Waals surface area contributed by atoms with Crippen LogP contribution in [-0.2, 0) is 14.9 Å². The molecule has 0 radical (unpaired) electrons. The molecule has 10 nitrogen and oxygen atoms in total. The fraction of sp³-hybridized carbons (Fsp3) is 0.296. The third-order valence-corrected chi connectivity index (χ3v) is 6.89. The number of anilines is 3. The number of methoxy groups -OCH3 is 1. The molecule has 3 heterocycles. The number of carbonyl (C=O) groups excluding carboxylic acids is 3. The van der Waals surface area contributed by atoms with Crippen molar-refractivity contribution in [3.05, 3.63) is 76.1 Å². The Morgan fingerprint density at radius 2 is 1.84 bits per heavy atom. The third-order valence-electron chi connectivity index (χ3n) is 6.68. The van der Waals surface area contributed by atoms with Crippen LogP contribution in [0.5, 0.6) is 0 Å². The Morgan fingerprint density at radius 1 is 1.13 bits per heavy atom. The van der Waals surface area contributed by atoms with Gasteiger partial charge in [-0.25, -0.2) is 14.8 Å². The Bertz CT molecular complexity index is 1400. The van der Waals surface area contributed by atoms with E-state index >= 15 is 0 Å². The minimum atomic E-state index is -0.960. The number of pyridine rings is 2. The van der Waals surface area contributed by atoms with Crippen molar-refractivity contribution in [3.8, 4) is 0 Å². The van der Waals surface area contributed by atoms with Crippen molar-refractivity contribution in [1.82, 2.24) is 15.3 Å². The normalized spacial score (nSPS) is 14.0. The second-order valence-corrected chi connectivity index (χ2v) is 9.75. The molecule has 4 N–H and O–H groups in total. The van der Waals surface area contributed by atoms with Gasteiger partial charge in [0, 0.05) is 20.1 Å². The highest BCUT2D eigenvalue weighted by Gasteiger charge is 2.52. The van der Waals surface area contributed by atoms with Crippen molar-refractivity contribution < 1.29 is 19.1 Å². The van der Waals surface area contributed by atoms with E-state index in [1.54, 1.807) is 12.1 Å². The van der Waals surface area contributed by atoms with Crippen LogP contribution in [0.3, 0.4) is 0 Å². The molecule has 2 amide bonds. The molecule has 4 rings (SSSR count).